The number of nitriles is 1. The molecule has 1 unspecified atom stereocenters. The molecule has 1 atom stereocenters. The number of aryl methyl sites for hydroxylation is 1. The first-order valence-electron chi connectivity index (χ1n) is 6.87. The Labute approximate surface area is 129 Å². The Bertz CT molecular complexity index is 718. The zero-order valence-electron chi connectivity index (χ0n) is 12.8. The molecule has 1 aromatic carbocycles. The molecule has 0 saturated carbocycles. The molecule has 0 spiro atoms. The van der Waals surface area contributed by atoms with Gasteiger partial charge in [-0.1, -0.05) is 12.1 Å². The number of aromatic nitrogens is 1. The number of nitrogens with one attached hydrogen (secondary N) is 1. The van der Waals surface area contributed by atoms with Gasteiger partial charge >= 0.3 is 5.97 Å². The summed E-state index contributed by atoms with van der Waals surface area (Å²) in [5.74, 6) is 0.290. The highest BCUT2D eigenvalue weighted by Gasteiger charge is 2.12. The number of carbonyl (C=O) groups is 1. The van der Waals surface area contributed by atoms with Gasteiger partial charge in [-0.3, -0.25) is 0 Å². The molecule has 5 heteroatoms. The van der Waals surface area contributed by atoms with E-state index in [1.54, 1.807) is 31.2 Å². The number of rotatable bonds is 4. The van der Waals surface area contributed by atoms with Gasteiger partial charge in [0.05, 0.1) is 30.0 Å². The van der Waals surface area contributed by atoms with Gasteiger partial charge in [0, 0.05) is 6.04 Å². The molecule has 2 rings (SSSR count). The lowest BCUT2D eigenvalue weighted by Crippen LogP contribution is -2.10. The van der Waals surface area contributed by atoms with E-state index < -0.39 is 5.97 Å². The van der Waals surface area contributed by atoms with Crippen LogP contribution in [-0.4, -0.2) is 18.1 Å². The number of ether oxygens (including phenoxy) is 1. The number of hydrogen-bond acceptors (Lipinski definition) is 5. The Morgan fingerprint density at radius 1 is 1.27 bits per heavy atom. The van der Waals surface area contributed by atoms with Crippen molar-refractivity contribution in [3.8, 4) is 6.07 Å². The average molecular weight is 295 g/mol. The minimum absolute atomic E-state index is 0.0311. The third-order valence-electron chi connectivity index (χ3n) is 3.40. The molecule has 0 saturated heterocycles. The summed E-state index contributed by atoms with van der Waals surface area (Å²) < 4.78 is 4.70. The fourth-order valence-corrected chi connectivity index (χ4v) is 2.12. The second-order valence-corrected chi connectivity index (χ2v) is 4.92. The van der Waals surface area contributed by atoms with E-state index in [1.807, 2.05) is 19.1 Å². The first-order chi connectivity index (χ1) is 10.5. The third kappa shape index (κ3) is 3.41. The predicted octanol–water partition coefficient (Wildman–Crippen LogP) is 3.22. The van der Waals surface area contributed by atoms with Gasteiger partial charge < -0.3 is 10.1 Å². The van der Waals surface area contributed by atoms with Crippen molar-refractivity contribution in [2.45, 2.75) is 19.9 Å². The van der Waals surface area contributed by atoms with Gasteiger partial charge in [-0.25, -0.2) is 9.78 Å². The van der Waals surface area contributed by atoms with E-state index in [0.717, 1.165) is 5.56 Å². The van der Waals surface area contributed by atoms with E-state index in [9.17, 15) is 4.79 Å². The molecule has 0 amide bonds. The Hall–Kier alpha value is -2.87. The normalized spacial score (nSPS) is 11.4. The zero-order chi connectivity index (χ0) is 16.1. The van der Waals surface area contributed by atoms with Crippen LogP contribution in [0.15, 0.2) is 36.4 Å². The van der Waals surface area contributed by atoms with Crippen molar-refractivity contribution >= 4 is 11.8 Å². The van der Waals surface area contributed by atoms with Gasteiger partial charge in [0.25, 0.3) is 0 Å². The van der Waals surface area contributed by atoms with Crippen molar-refractivity contribution in [1.29, 1.82) is 5.26 Å². The molecule has 0 aliphatic rings. The summed E-state index contributed by atoms with van der Waals surface area (Å²) in [7, 11) is 1.35. The molecule has 112 valence electrons. The fourth-order valence-electron chi connectivity index (χ4n) is 2.12. The first kappa shape index (κ1) is 15.5. The van der Waals surface area contributed by atoms with Crippen molar-refractivity contribution in [3.63, 3.8) is 0 Å². The monoisotopic (exact) mass is 295 g/mol. The summed E-state index contributed by atoms with van der Waals surface area (Å²) in [6, 6.07) is 13.0. The lowest BCUT2D eigenvalue weighted by molar-refractivity contribution is 0.0599. The summed E-state index contributed by atoms with van der Waals surface area (Å²) in [5, 5.41) is 12.1. The summed E-state index contributed by atoms with van der Waals surface area (Å²) in [6.45, 7) is 3.77. The number of carbonyl (C=O) groups excluding carboxylic acids is 1. The molecule has 0 bridgehead atoms. The quantitative estimate of drug-likeness (QED) is 0.876. The predicted molar refractivity (Wildman–Crippen MR) is 83.5 cm³/mol. The van der Waals surface area contributed by atoms with Gasteiger partial charge in [0.1, 0.15) is 5.82 Å². The number of esters is 1. The topological polar surface area (TPSA) is 75.0 Å². The van der Waals surface area contributed by atoms with E-state index in [1.165, 1.54) is 7.11 Å². The highest BCUT2D eigenvalue weighted by atomic mass is 16.5. The molecule has 1 aromatic heterocycles. The average Bonchev–Trinajstić information content (AvgIpc) is 2.54. The van der Waals surface area contributed by atoms with E-state index in [2.05, 4.69) is 16.4 Å². The zero-order valence-corrected chi connectivity index (χ0v) is 12.8. The van der Waals surface area contributed by atoms with Crippen LogP contribution >= 0.6 is 0 Å². The number of methoxy groups -OCH3 is 1. The van der Waals surface area contributed by atoms with E-state index >= 15 is 0 Å². The minimum atomic E-state index is -0.392. The van der Waals surface area contributed by atoms with E-state index in [0.29, 0.717) is 22.6 Å². The SMILES string of the molecule is COC(=O)c1ccc(NC(C)c2ccc(C#N)cc2)nc1C. The summed E-state index contributed by atoms with van der Waals surface area (Å²) in [6.07, 6.45) is 0. The fraction of sp³-hybridized carbons (Fsp3) is 0.235. The third-order valence-corrected chi connectivity index (χ3v) is 3.40. The molecule has 5 nitrogen and oxygen atoms in total. The molecular weight excluding hydrogens is 278 g/mol. The van der Waals surface area contributed by atoms with Crippen LogP contribution in [0.3, 0.4) is 0 Å². The summed E-state index contributed by atoms with van der Waals surface area (Å²) in [5.41, 5.74) is 2.76. The Kier molecular flexibility index (Phi) is 4.74. The van der Waals surface area contributed by atoms with Crippen molar-refractivity contribution in [2.75, 3.05) is 12.4 Å². The van der Waals surface area contributed by atoms with E-state index in [4.69, 9.17) is 10.00 Å². The highest BCUT2D eigenvalue weighted by Crippen LogP contribution is 2.19. The van der Waals surface area contributed by atoms with Crippen molar-refractivity contribution < 1.29 is 9.53 Å². The van der Waals surface area contributed by atoms with Crippen LogP contribution in [0.5, 0.6) is 0 Å². The van der Waals surface area contributed by atoms with Gasteiger partial charge in [0.15, 0.2) is 0 Å². The van der Waals surface area contributed by atoms with Crippen LogP contribution in [-0.2, 0) is 4.74 Å². The van der Waals surface area contributed by atoms with E-state index in [-0.39, 0.29) is 6.04 Å². The van der Waals surface area contributed by atoms with Crippen LogP contribution in [0.1, 0.15) is 40.1 Å². The second-order valence-electron chi connectivity index (χ2n) is 4.92. The van der Waals surface area contributed by atoms with Crippen LogP contribution in [0.25, 0.3) is 0 Å². The number of hydrogen-bond donors (Lipinski definition) is 1. The van der Waals surface area contributed by atoms with Crippen LogP contribution < -0.4 is 5.32 Å². The Morgan fingerprint density at radius 2 is 1.95 bits per heavy atom. The Morgan fingerprint density at radius 3 is 2.50 bits per heavy atom. The smallest absolute Gasteiger partial charge is 0.339 e. The number of benzene rings is 1. The maximum absolute atomic E-state index is 11.5. The number of anilines is 1. The van der Waals surface area contributed by atoms with Crippen LogP contribution in [0.4, 0.5) is 5.82 Å². The largest absolute Gasteiger partial charge is 0.465 e. The second kappa shape index (κ2) is 6.72. The molecule has 1 N–H and O–H groups in total. The van der Waals surface area contributed by atoms with Crippen molar-refractivity contribution in [2.24, 2.45) is 0 Å². The maximum atomic E-state index is 11.5. The number of pyridine rings is 1. The highest BCUT2D eigenvalue weighted by molar-refractivity contribution is 5.90. The molecule has 2 aromatic rings. The number of nitrogens with zero attached hydrogens (tertiary/aromatic N) is 2. The van der Waals surface area contributed by atoms with Crippen LogP contribution in [0, 0.1) is 18.3 Å². The summed E-state index contributed by atoms with van der Waals surface area (Å²) in [4.78, 5) is 15.9. The van der Waals surface area contributed by atoms with Gasteiger partial charge in [-0.05, 0) is 43.7 Å². The minimum Gasteiger partial charge on any atom is -0.465 e. The molecule has 22 heavy (non-hydrogen) atoms. The standard InChI is InChI=1S/C17H17N3O2/c1-11(14-6-4-13(10-18)5-7-14)19-16-9-8-15(12(2)20-16)17(21)22-3/h4-9,11H,1-3H3,(H,19,20). The lowest BCUT2D eigenvalue weighted by Gasteiger charge is -2.16. The Balaban J connectivity index is 2.14. The lowest BCUT2D eigenvalue weighted by atomic mass is 10.1. The molecule has 0 radical (unpaired) electrons. The summed E-state index contributed by atoms with van der Waals surface area (Å²) >= 11 is 0. The molecular formula is C17H17N3O2. The molecule has 0 aliphatic carbocycles. The van der Waals surface area contributed by atoms with Gasteiger partial charge in [0.2, 0.25) is 0 Å². The first-order valence-corrected chi connectivity index (χ1v) is 6.87. The molecule has 0 fully saturated rings. The van der Waals surface area contributed by atoms with Gasteiger partial charge in [-0.15, -0.1) is 0 Å². The molecule has 0 aliphatic heterocycles. The van der Waals surface area contributed by atoms with Gasteiger partial charge in [-0.2, -0.15) is 5.26 Å². The molecule has 1 heterocycles. The van der Waals surface area contributed by atoms with Crippen molar-refractivity contribution in [3.05, 3.63) is 58.8 Å². The maximum Gasteiger partial charge on any atom is 0.339 e. The van der Waals surface area contributed by atoms with Crippen molar-refractivity contribution in [1.82, 2.24) is 4.98 Å². The van der Waals surface area contributed by atoms with Crippen LogP contribution in [0.2, 0.25) is 0 Å².